The molecule has 0 spiro atoms. The highest BCUT2D eigenvalue weighted by atomic mass is 16.5. The number of carbonyl (C=O) groups excluding carboxylic acids is 1. The summed E-state index contributed by atoms with van der Waals surface area (Å²) in [4.78, 5) is 10.9. The topological polar surface area (TPSA) is 38.3 Å². The molecule has 3 nitrogen and oxygen atoms in total. The van der Waals surface area contributed by atoms with Crippen molar-refractivity contribution in [2.24, 2.45) is 0 Å². The average Bonchev–Trinajstić information content (AvgIpc) is 2.28. The highest BCUT2D eigenvalue weighted by molar-refractivity contribution is 5.77. The first-order chi connectivity index (χ1) is 7.26. The van der Waals surface area contributed by atoms with E-state index >= 15 is 0 Å². The smallest absolute Gasteiger partial charge is 0.257 e. The number of hydrogen-bond donors (Lipinski definition) is 1. The Labute approximate surface area is 89.8 Å². The lowest BCUT2D eigenvalue weighted by atomic mass is 10.2. The van der Waals surface area contributed by atoms with E-state index in [0.717, 1.165) is 5.56 Å². The van der Waals surface area contributed by atoms with Crippen LogP contribution in [0.25, 0.3) is 6.08 Å². The molecule has 0 saturated heterocycles. The first-order valence-electron chi connectivity index (χ1n) is 4.65. The number of nitrogens with one attached hydrogen (secondary N) is 1. The van der Waals surface area contributed by atoms with E-state index in [2.05, 4.69) is 12.2 Å². The SMILES string of the molecule is [CH2]/C=C/c1ccc(OCC(=O)NC)cc1. The fourth-order valence-corrected chi connectivity index (χ4v) is 1.03. The molecule has 0 atom stereocenters. The Morgan fingerprint density at radius 2 is 2.13 bits per heavy atom. The van der Waals surface area contributed by atoms with Crippen molar-refractivity contribution in [1.29, 1.82) is 0 Å². The van der Waals surface area contributed by atoms with Crippen LogP contribution >= 0.6 is 0 Å². The zero-order valence-corrected chi connectivity index (χ0v) is 8.69. The van der Waals surface area contributed by atoms with Crippen molar-refractivity contribution in [3.63, 3.8) is 0 Å². The van der Waals surface area contributed by atoms with Crippen LogP contribution < -0.4 is 10.1 Å². The number of amides is 1. The molecule has 1 aromatic rings. The number of rotatable bonds is 4. The van der Waals surface area contributed by atoms with Crippen molar-refractivity contribution in [3.8, 4) is 5.75 Å². The maximum Gasteiger partial charge on any atom is 0.257 e. The van der Waals surface area contributed by atoms with Gasteiger partial charge in [-0.15, -0.1) is 0 Å². The van der Waals surface area contributed by atoms with Gasteiger partial charge < -0.3 is 10.1 Å². The summed E-state index contributed by atoms with van der Waals surface area (Å²) < 4.78 is 5.24. The molecule has 15 heavy (non-hydrogen) atoms. The van der Waals surface area contributed by atoms with Crippen LogP contribution in [0.1, 0.15) is 5.56 Å². The van der Waals surface area contributed by atoms with Crippen LogP contribution in [0.5, 0.6) is 5.75 Å². The molecule has 0 saturated carbocycles. The summed E-state index contributed by atoms with van der Waals surface area (Å²) >= 11 is 0. The Morgan fingerprint density at radius 1 is 1.47 bits per heavy atom. The van der Waals surface area contributed by atoms with Crippen LogP contribution in [0.3, 0.4) is 0 Å². The van der Waals surface area contributed by atoms with Crippen LogP contribution in [0.15, 0.2) is 30.3 Å². The van der Waals surface area contributed by atoms with Crippen molar-refractivity contribution < 1.29 is 9.53 Å². The second-order valence-corrected chi connectivity index (χ2v) is 2.93. The molecule has 0 heterocycles. The zero-order chi connectivity index (χ0) is 11.1. The van der Waals surface area contributed by atoms with Gasteiger partial charge in [0, 0.05) is 7.05 Å². The Balaban J connectivity index is 2.53. The molecule has 1 radical (unpaired) electrons. The molecule has 0 unspecified atom stereocenters. The lowest BCUT2D eigenvalue weighted by Gasteiger charge is -2.04. The molecule has 0 aliphatic heterocycles. The number of benzene rings is 1. The molecule has 1 N–H and O–H groups in total. The van der Waals surface area contributed by atoms with Gasteiger partial charge in [0.05, 0.1) is 0 Å². The minimum absolute atomic E-state index is 0.0427. The Hall–Kier alpha value is -1.77. The van der Waals surface area contributed by atoms with Gasteiger partial charge in [0.15, 0.2) is 6.61 Å². The first-order valence-corrected chi connectivity index (χ1v) is 4.65. The van der Waals surface area contributed by atoms with E-state index < -0.39 is 0 Å². The van der Waals surface area contributed by atoms with E-state index in [4.69, 9.17) is 4.74 Å². The number of likely N-dealkylation sites (N-methyl/N-ethyl adjacent to an activating group) is 1. The predicted molar refractivity (Wildman–Crippen MR) is 60.4 cm³/mol. The van der Waals surface area contributed by atoms with Crippen LogP contribution in [-0.2, 0) is 4.79 Å². The fourth-order valence-electron chi connectivity index (χ4n) is 1.03. The second-order valence-electron chi connectivity index (χ2n) is 2.93. The highest BCUT2D eigenvalue weighted by Crippen LogP contribution is 2.12. The van der Waals surface area contributed by atoms with E-state index in [9.17, 15) is 4.79 Å². The Kier molecular flexibility index (Phi) is 4.41. The third kappa shape index (κ3) is 3.85. The first kappa shape index (κ1) is 11.3. The summed E-state index contributed by atoms with van der Waals surface area (Å²) in [7, 11) is 1.58. The molecule has 0 fully saturated rings. The Morgan fingerprint density at radius 3 is 2.67 bits per heavy atom. The van der Waals surface area contributed by atoms with Gasteiger partial charge in [0.25, 0.3) is 5.91 Å². The standard InChI is InChI=1S/C12H14NO2/c1-3-4-10-5-7-11(8-6-10)15-9-12(14)13-2/h3-8H,1,9H2,2H3,(H,13,14)/b4-3+. The van der Waals surface area contributed by atoms with E-state index in [0.29, 0.717) is 5.75 Å². The van der Waals surface area contributed by atoms with E-state index in [1.165, 1.54) is 0 Å². The van der Waals surface area contributed by atoms with Gasteiger partial charge in [-0.3, -0.25) is 4.79 Å². The number of hydrogen-bond acceptors (Lipinski definition) is 2. The summed E-state index contributed by atoms with van der Waals surface area (Å²) in [6, 6.07) is 7.44. The number of ether oxygens (including phenoxy) is 1. The average molecular weight is 204 g/mol. The van der Waals surface area contributed by atoms with Crippen molar-refractivity contribution in [2.45, 2.75) is 0 Å². The lowest BCUT2D eigenvalue weighted by Crippen LogP contribution is -2.24. The molecule has 3 heteroatoms. The number of carbonyl (C=O) groups is 1. The van der Waals surface area contributed by atoms with Gasteiger partial charge in [-0.25, -0.2) is 0 Å². The van der Waals surface area contributed by atoms with Crippen molar-refractivity contribution in [3.05, 3.63) is 42.8 Å². The summed E-state index contributed by atoms with van der Waals surface area (Å²) in [5.41, 5.74) is 1.05. The van der Waals surface area contributed by atoms with E-state index in [1.54, 1.807) is 13.1 Å². The molecule has 1 aromatic carbocycles. The predicted octanol–water partition coefficient (Wildman–Crippen LogP) is 1.66. The summed E-state index contributed by atoms with van der Waals surface area (Å²) in [5.74, 6) is 0.538. The fraction of sp³-hybridized carbons (Fsp3) is 0.167. The second kappa shape index (κ2) is 5.86. The molecule has 0 aliphatic carbocycles. The van der Waals surface area contributed by atoms with E-state index in [-0.39, 0.29) is 12.5 Å². The van der Waals surface area contributed by atoms with Crippen LogP contribution in [-0.4, -0.2) is 19.6 Å². The van der Waals surface area contributed by atoms with Crippen molar-refractivity contribution >= 4 is 12.0 Å². The molecule has 79 valence electrons. The summed E-state index contributed by atoms with van der Waals surface area (Å²) in [5, 5.41) is 2.48. The molecule has 1 rings (SSSR count). The molecular formula is C12H14NO2. The summed E-state index contributed by atoms with van der Waals surface area (Å²) in [6.07, 6.45) is 3.61. The third-order valence-electron chi connectivity index (χ3n) is 1.84. The van der Waals surface area contributed by atoms with E-state index in [1.807, 2.05) is 30.3 Å². The maximum absolute atomic E-state index is 10.9. The minimum atomic E-state index is -0.142. The van der Waals surface area contributed by atoms with Gasteiger partial charge in [0.2, 0.25) is 0 Å². The van der Waals surface area contributed by atoms with Gasteiger partial charge in [0.1, 0.15) is 5.75 Å². The molecule has 0 bridgehead atoms. The van der Waals surface area contributed by atoms with Crippen LogP contribution in [0.2, 0.25) is 0 Å². The monoisotopic (exact) mass is 204 g/mol. The van der Waals surface area contributed by atoms with Crippen LogP contribution in [0.4, 0.5) is 0 Å². The van der Waals surface area contributed by atoms with Gasteiger partial charge in [-0.05, 0) is 24.6 Å². The van der Waals surface area contributed by atoms with Gasteiger partial charge in [-0.1, -0.05) is 24.3 Å². The third-order valence-corrected chi connectivity index (χ3v) is 1.84. The number of allylic oxidation sites excluding steroid dienone is 1. The normalized spacial score (nSPS) is 10.3. The quantitative estimate of drug-likeness (QED) is 0.810. The molecule has 0 aromatic heterocycles. The largest absolute Gasteiger partial charge is 0.484 e. The van der Waals surface area contributed by atoms with Crippen molar-refractivity contribution in [2.75, 3.05) is 13.7 Å². The molecule has 0 aliphatic rings. The Bertz CT molecular complexity index is 341. The highest BCUT2D eigenvalue weighted by Gasteiger charge is 1.98. The van der Waals surface area contributed by atoms with Crippen LogP contribution in [0, 0.1) is 6.92 Å². The van der Waals surface area contributed by atoms with Crippen molar-refractivity contribution in [1.82, 2.24) is 5.32 Å². The molecular weight excluding hydrogens is 190 g/mol. The zero-order valence-electron chi connectivity index (χ0n) is 8.69. The minimum Gasteiger partial charge on any atom is -0.484 e. The van der Waals surface area contributed by atoms with Gasteiger partial charge in [-0.2, -0.15) is 0 Å². The lowest BCUT2D eigenvalue weighted by molar-refractivity contribution is -0.122. The maximum atomic E-state index is 10.9. The van der Waals surface area contributed by atoms with Gasteiger partial charge >= 0.3 is 0 Å². The summed E-state index contributed by atoms with van der Waals surface area (Å²) in [6.45, 7) is 3.65. The molecule has 1 amide bonds.